The number of amides is 1. The van der Waals surface area contributed by atoms with Crippen LogP contribution in [0.3, 0.4) is 0 Å². The molecule has 0 saturated heterocycles. The van der Waals surface area contributed by atoms with Crippen molar-refractivity contribution >= 4 is 11.7 Å². The predicted octanol–water partition coefficient (Wildman–Crippen LogP) is 2.52. The molecular weight excluding hydrogens is 238 g/mol. The number of carbonyl (C=O) groups excluding carboxylic acids is 2. The maximum absolute atomic E-state index is 12.0. The molecule has 3 nitrogen and oxygen atoms in total. The second-order valence-electron chi connectivity index (χ2n) is 6.19. The summed E-state index contributed by atoms with van der Waals surface area (Å²) in [6, 6.07) is 5.84. The van der Waals surface area contributed by atoms with Crippen molar-refractivity contribution in [2.24, 2.45) is 5.41 Å². The number of nitrogens with one attached hydrogen (secondary N) is 1. The van der Waals surface area contributed by atoms with Crippen molar-refractivity contribution in [3.8, 4) is 0 Å². The quantitative estimate of drug-likeness (QED) is 0.906. The van der Waals surface area contributed by atoms with E-state index >= 15 is 0 Å². The number of carbonyl (C=O) groups is 2. The van der Waals surface area contributed by atoms with Crippen molar-refractivity contribution in [3.63, 3.8) is 0 Å². The van der Waals surface area contributed by atoms with Crippen molar-refractivity contribution in [2.45, 2.75) is 40.0 Å². The van der Waals surface area contributed by atoms with Crippen LogP contribution in [0, 0.1) is 5.41 Å². The minimum atomic E-state index is -0.411. The third-order valence-electron chi connectivity index (χ3n) is 3.61. The van der Waals surface area contributed by atoms with Gasteiger partial charge in [-0.2, -0.15) is 0 Å². The number of hydrogen-bond acceptors (Lipinski definition) is 2. The molecule has 1 aliphatic carbocycles. The van der Waals surface area contributed by atoms with Gasteiger partial charge in [0.25, 0.3) is 5.91 Å². The number of aryl methyl sites for hydroxylation is 2. The number of Topliss-reactive ketones (excluding diaryl/α,β-unsaturated/α-hetero) is 1. The van der Waals surface area contributed by atoms with Crippen molar-refractivity contribution in [1.29, 1.82) is 0 Å². The summed E-state index contributed by atoms with van der Waals surface area (Å²) in [5.74, 6) is -0.116. The lowest BCUT2D eigenvalue weighted by atomic mass is 9.91. The molecule has 19 heavy (non-hydrogen) atoms. The monoisotopic (exact) mass is 259 g/mol. The summed E-state index contributed by atoms with van der Waals surface area (Å²) in [5, 5.41) is 2.71. The molecule has 0 unspecified atom stereocenters. The smallest absolute Gasteiger partial charge is 0.251 e. The number of rotatable bonds is 3. The first-order valence-electron chi connectivity index (χ1n) is 6.81. The van der Waals surface area contributed by atoms with Gasteiger partial charge in [-0.05, 0) is 42.5 Å². The van der Waals surface area contributed by atoms with E-state index in [4.69, 9.17) is 0 Å². The van der Waals surface area contributed by atoms with Gasteiger partial charge >= 0.3 is 0 Å². The van der Waals surface area contributed by atoms with E-state index in [1.807, 2.05) is 39.0 Å². The Hall–Kier alpha value is -1.64. The van der Waals surface area contributed by atoms with Gasteiger partial charge in [0, 0.05) is 11.0 Å². The van der Waals surface area contributed by atoms with Gasteiger partial charge in [-0.15, -0.1) is 0 Å². The third-order valence-corrected chi connectivity index (χ3v) is 3.61. The fraction of sp³-hybridized carbons (Fsp3) is 0.500. The molecule has 0 aliphatic heterocycles. The molecule has 0 atom stereocenters. The Labute approximate surface area is 114 Å². The van der Waals surface area contributed by atoms with Crippen LogP contribution >= 0.6 is 0 Å². The Balaban J connectivity index is 1.99. The first-order valence-corrected chi connectivity index (χ1v) is 6.81. The molecule has 0 aromatic heterocycles. The van der Waals surface area contributed by atoms with Crippen LogP contribution in [0.2, 0.25) is 0 Å². The van der Waals surface area contributed by atoms with E-state index in [2.05, 4.69) is 5.32 Å². The topological polar surface area (TPSA) is 46.2 Å². The first kappa shape index (κ1) is 13.8. The van der Waals surface area contributed by atoms with Crippen molar-refractivity contribution < 1.29 is 9.59 Å². The lowest BCUT2D eigenvalue weighted by molar-refractivity contribution is -0.125. The van der Waals surface area contributed by atoms with E-state index < -0.39 is 5.41 Å². The molecule has 0 spiro atoms. The largest absolute Gasteiger partial charge is 0.345 e. The van der Waals surface area contributed by atoms with Crippen LogP contribution in [0.15, 0.2) is 18.2 Å². The van der Waals surface area contributed by atoms with E-state index in [0.717, 1.165) is 12.8 Å². The second kappa shape index (κ2) is 5.16. The SMILES string of the molecule is CC(C)(C)C(=O)CNC(=O)c1ccc2c(c1)CCC2. The molecule has 0 heterocycles. The average Bonchev–Trinajstić information content (AvgIpc) is 2.81. The van der Waals surface area contributed by atoms with E-state index in [1.165, 1.54) is 17.5 Å². The summed E-state index contributed by atoms with van der Waals surface area (Å²) in [6.07, 6.45) is 3.33. The summed E-state index contributed by atoms with van der Waals surface area (Å²) in [5.41, 5.74) is 2.87. The Bertz CT molecular complexity index is 512. The van der Waals surface area contributed by atoms with Gasteiger partial charge in [0.2, 0.25) is 0 Å². The van der Waals surface area contributed by atoms with Crippen molar-refractivity contribution in [2.75, 3.05) is 6.54 Å². The molecule has 1 aromatic rings. The standard InChI is InChI=1S/C16H21NO2/c1-16(2,3)14(18)10-17-15(19)13-8-7-11-5-4-6-12(11)9-13/h7-9H,4-6,10H2,1-3H3,(H,17,19). The lowest BCUT2D eigenvalue weighted by Gasteiger charge is -2.16. The van der Waals surface area contributed by atoms with Crippen LogP contribution in [0.1, 0.15) is 48.7 Å². The second-order valence-corrected chi connectivity index (χ2v) is 6.19. The summed E-state index contributed by atoms with van der Waals surface area (Å²) >= 11 is 0. The highest BCUT2D eigenvalue weighted by Gasteiger charge is 2.21. The van der Waals surface area contributed by atoms with Gasteiger partial charge < -0.3 is 5.32 Å². The highest BCUT2D eigenvalue weighted by atomic mass is 16.2. The van der Waals surface area contributed by atoms with Gasteiger partial charge in [0.15, 0.2) is 5.78 Å². The van der Waals surface area contributed by atoms with Crippen LogP contribution < -0.4 is 5.32 Å². The first-order chi connectivity index (χ1) is 8.88. The van der Waals surface area contributed by atoms with E-state index in [0.29, 0.717) is 5.56 Å². The molecule has 0 radical (unpaired) electrons. The zero-order valence-electron chi connectivity index (χ0n) is 11.9. The molecule has 1 aromatic carbocycles. The molecule has 1 aliphatic rings. The molecule has 0 saturated carbocycles. The summed E-state index contributed by atoms with van der Waals surface area (Å²) in [7, 11) is 0. The van der Waals surface area contributed by atoms with E-state index in [9.17, 15) is 9.59 Å². The molecule has 0 fully saturated rings. The Morgan fingerprint density at radius 3 is 2.53 bits per heavy atom. The zero-order chi connectivity index (χ0) is 14.0. The van der Waals surface area contributed by atoms with Crippen molar-refractivity contribution in [3.05, 3.63) is 34.9 Å². The number of ketones is 1. The van der Waals surface area contributed by atoms with E-state index in [-0.39, 0.29) is 18.2 Å². The summed E-state index contributed by atoms with van der Waals surface area (Å²) < 4.78 is 0. The van der Waals surface area contributed by atoms with Crippen LogP contribution in [0.5, 0.6) is 0 Å². The van der Waals surface area contributed by atoms with Crippen LogP contribution in [-0.4, -0.2) is 18.2 Å². The Kier molecular flexibility index (Phi) is 3.74. The maximum atomic E-state index is 12.0. The number of benzene rings is 1. The average molecular weight is 259 g/mol. The number of hydrogen-bond donors (Lipinski definition) is 1. The Morgan fingerprint density at radius 1 is 1.16 bits per heavy atom. The molecule has 1 N–H and O–H groups in total. The van der Waals surface area contributed by atoms with Crippen LogP contribution in [0.25, 0.3) is 0 Å². The van der Waals surface area contributed by atoms with Gasteiger partial charge in [0.05, 0.1) is 6.54 Å². The predicted molar refractivity (Wildman–Crippen MR) is 75.3 cm³/mol. The highest BCUT2D eigenvalue weighted by Crippen LogP contribution is 2.22. The fourth-order valence-electron chi connectivity index (χ4n) is 2.24. The van der Waals surface area contributed by atoms with E-state index in [1.54, 1.807) is 0 Å². The van der Waals surface area contributed by atoms with Crippen LogP contribution in [0.4, 0.5) is 0 Å². The van der Waals surface area contributed by atoms with Crippen LogP contribution in [-0.2, 0) is 17.6 Å². The zero-order valence-corrected chi connectivity index (χ0v) is 11.9. The summed E-state index contributed by atoms with van der Waals surface area (Å²) in [4.78, 5) is 23.8. The van der Waals surface area contributed by atoms with Gasteiger partial charge in [-0.25, -0.2) is 0 Å². The molecule has 0 bridgehead atoms. The van der Waals surface area contributed by atoms with Crippen molar-refractivity contribution in [1.82, 2.24) is 5.32 Å². The normalized spacial score (nSPS) is 14.1. The molecule has 3 heteroatoms. The minimum absolute atomic E-state index is 0.0435. The molecular formula is C16H21NO2. The van der Waals surface area contributed by atoms with Gasteiger partial charge in [-0.1, -0.05) is 26.8 Å². The van der Waals surface area contributed by atoms with Gasteiger partial charge in [0.1, 0.15) is 0 Å². The lowest BCUT2D eigenvalue weighted by Crippen LogP contribution is -2.35. The molecule has 2 rings (SSSR count). The summed E-state index contributed by atoms with van der Waals surface area (Å²) in [6.45, 7) is 5.67. The molecule has 102 valence electrons. The number of fused-ring (bicyclic) bond motifs is 1. The Morgan fingerprint density at radius 2 is 1.84 bits per heavy atom. The third kappa shape index (κ3) is 3.22. The minimum Gasteiger partial charge on any atom is -0.345 e. The fourth-order valence-corrected chi connectivity index (χ4v) is 2.24. The highest BCUT2D eigenvalue weighted by molar-refractivity contribution is 5.97. The maximum Gasteiger partial charge on any atom is 0.251 e. The van der Waals surface area contributed by atoms with Gasteiger partial charge in [-0.3, -0.25) is 9.59 Å². The molecule has 1 amide bonds.